The molecule has 4 aromatic rings. The van der Waals surface area contributed by atoms with Crippen LogP contribution in [0, 0.1) is 0 Å². The van der Waals surface area contributed by atoms with E-state index in [4.69, 9.17) is 4.98 Å². The fraction of sp³-hybridized carbons (Fsp3) is 0.182. The van der Waals surface area contributed by atoms with E-state index in [9.17, 15) is 0 Å². The van der Waals surface area contributed by atoms with Gasteiger partial charge in [-0.2, -0.15) is 0 Å². The molecule has 1 unspecified atom stereocenters. The normalized spacial score (nSPS) is 12.6. The van der Waals surface area contributed by atoms with Crippen LogP contribution in [0.4, 0.5) is 0 Å². The highest BCUT2D eigenvalue weighted by Gasteiger charge is 2.19. The van der Waals surface area contributed by atoms with Gasteiger partial charge in [-0.1, -0.05) is 42.5 Å². The Labute approximate surface area is 153 Å². The first-order valence-corrected chi connectivity index (χ1v) is 8.86. The fourth-order valence-electron chi connectivity index (χ4n) is 3.25. The van der Waals surface area contributed by atoms with Crippen LogP contribution in [-0.4, -0.2) is 26.3 Å². The van der Waals surface area contributed by atoms with Gasteiger partial charge in [-0.3, -0.25) is 9.88 Å². The third-order valence-corrected chi connectivity index (χ3v) is 4.85. The lowest BCUT2D eigenvalue weighted by atomic mass is 10.1. The Morgan fingerprint density at radius 1 is 0.962 bits per heavy atom. The topological polar surface area (TPSA) is 33.4 Å². The van der Waals surface area contributed by atoms with Crippen molar-refractivity contribution in [1.82, 2.24) is 19.3 Å². The van der Waals surface area contributed by atoms with Crippen LogP contribution in [0.25, 0.3) is 16.9 Å². The molecule has 4 rings (SSSR count). The predicted octanol–water partition coefficient (Wildman–Crippen LogP) is 4.59. The van der Waals surface area contributed by atoms with Crippen molar-refractivity contribution in [2.75, 3.05) is 7.05 Å². The van der Waals surface area contributed by atoms with Crippen LogP contribution in [0.15, 0.2) is 79.1 Å². The molecule has 0 aliphatic rings. The van der Waals surface area contributed by atoms with E-state index >= 15 is 0 Å². The summed E-state index contributed by atoms with van der Waals surface area (Å²) in [5.74, 6) is 0. The third kappa shape index (κ3) is 3.11. The lowest BCUT2D eigenvalue weighted by Gasteiger charge is -2.24. The summed E-state index contributed by atoms with van der Waals surface area (Å²) in [6.45, 7) is 2.97. The van der Waals surface area contributed by atoms with Gasteiger partial charge < -0.3 is 4.40 Å². The maximum absolute atomic E-state index is 4.89. The molecule has 0 N–H and O–H groups in total. The summed E-state index contributed by atoms with van der Waals surface area (Å²) in [6.07, 6.45) is 3.94. The zero-order chi connectivity index (χ0) is 17.9. The molecule has 0 saturated heterocycles. The molecule has 1 aromatic carbocycles. The number of hydrogen-bond acceptors (Lipinski definition) is 3. The van der Waals surface area contributed by atoms with Crippen LogP contribution < -0.4 is 0 Å². The van der Waals surface area contributed by atoms with Gasteiger partial charge in [0, 0.05) is 30.5 Å². The third-order valence-electron chi connectivity index (χ3n) is 4.85. The molecule has 4 nitrogen and oxygen atoms in total. The molecule has 0 aliphatic carbocycles. The maximum Gasteiger partial charge on any atom is 0.137 e. The highest BCUT2D eigenvalue weighted by molar-refractivity contribution is 5.66. The minimum Gasteiger partial charge on any atom is -0.302 e. The van der Waals surface area contributed by atoms with Crippen LogP contribution in [0.3, 0.4) is 0 Å². The minimum absolute atomic E-state index is 0.217. The van der Waals surface area contributed by atoms with E-state index in [2.05, 4.69) is 76.9 Å². The molecule has 0 fully saturated rings. The lowest BCUT2D eigenvalue weighted by molar-refractivity contribution is 0.245. The van der Waals surface area contributed by atoms with Gasteiger partial charge in [0.25, 0.3) is 0 Å². The Balaban J connectivity index is 1.73. The molecule has 3 aromatic heterocycles. The number of hydrogen-bond donors (Lipinski definition) is 0. The quantitative estimate of drug-likeness (QED) is 0.532. The summed E-state index contributed by atoms with van der Waals surface area (Å²) in [5.41, 5.74) is 5.42. The summed E-state index contributed by atoms with van der Waals surface area (Å²) < 4.78 is 2.18. The second-order valence-electron chi connectivity index (χ2n) is 6.55. The van der Waals surface area contributed by atoms with Gasteiger partial charge in [0.1, 0.15) is 5.65 Å². The van der Waals surface area contributed by atoms with Gasteiger partial charge in [0.2, 0.25) is 0 Å². The molecule has 0 amide bonds. The van der Waals surface area contributed by atoms with Crippen LogP contribution >= 0.6 is 0 Å². The first-order chi connectivity index (χ1) is 12.7. The largest absolute Gasteiger partial charge is 0.302 e. The van der Waals surface area contributed by atoms with Crippen molar-refractivity contribution < 1.29 is 0 Å². The summed E-state index contributed by atoms with van der Waals surface area (Å²) in [7, 11) is 2.14. The molecule has 0 saturated carbocycles. The SMILES string of the molecule is CC(c1ccccn1)N(C)Cc1c(-c2ccccc2)nc2ccccn12. The Kier molecular flexibility index (Phi) is 4.50. The van der Waals surface area contributed by atoms with Crippen LogP contribution in [-0.2, 0) is 6.54 Å². The number of rotatable bonds is 5. The number of fused-ring (bicyclic) bond motifs is 1. The number of nitrogens with zero attached hydrogens (tertiary/aromatic N) is 4. The Hall–Kier alpha value is -2.98. The van der Waals surface area contributed by atoms with Crippen molar-refractivity contribution >= 4 is 5.65 Å². The Morgan fingerprint density at radius 3 is 2.50 bits per heavy atom. The van der Waals surface area contributed by atoms with Crippen molar-refractivity contribution in [2.45, 2.75) is 19.5 Å². The molecule has 4 heteroatoms. The van der Waals surface area contributed by atoms with Gasteiger partial charge >= 0.3 is 0 Å². The summed E-state index contributed by atoms with van der Waals surface area (Å²) in [4.78, 5) is 11.7. The number of benzene rings is 1. The monoisotopic (exact) mass is 342 g/mol. The van der Waals surface area contributed by atoms with Gasteiger partial charge in [-0.15, -0.1) is 0 Å². The Bertz CT molecular complexity index is 993. The molecular weight excluding hydrogens is 320 g/mol. The number of imidazole rings is 1. The summed E-state index contributed by atoms with van der Waals surface area (Å²) in [6, 6.07) is 22.8. The van der Waals surface area contributed by atoms with Crippen molar-refractivity contribution in [3.05, 3.63) is 90.5 Å². The van der Waals surface area contributed by atoms with Gasteiger partial charge in [0.15, 0.2) is 0 Å². The first-order valence-electron chi connectivity index (χ1n) is 8.86. The Morgan fingerprint density at radius 2 is 1.73 bits per heavy atom. The van der Waals surface area contributed by atoms with E-state index in [0.717, 1.165) is 29.1 Å². The fourth-order valence-corrected chi connectivity index (χ4v) is 3.25. The van der Waals surface area contributed by atoms with Crippen molar-refractivity contribution in [3.8, 4) is 11.3 Å². The van der Waals surface area contributed by atoms with Crippen molar-refractivity contribution in [1.29, 1.82) is 0 Å². The zero-order valence-corrected chi connectivity index (χ0v) is 15.1. The van der Waals surface area contributed by atoms with E-state index in [1.54, 1.807) is 0 Å². The summed E-state index contributed by atoms with van der Waals surface area (Å²) in [5, 5.41) is 0. The number of pyridine rings is 2. The second-order valence-corrected chi connectivity index (χ2v) is 6.55. The maximum atomic E-state index is 4.89. The van der Waals surface area contributed by atoms with Gasteiger partial charge in [-0.05, 0) is 38.2 Å². The van der Waals surface area contributed by atoms with Crippen molar-refractivity contribution in [3.63, 3.8) is 0 Å². The van der Waals surface area contributed by atoms with Crippen LogP contribution in [0.2, 0.25) is 0 Å². The molecule has 0 bridgehead atoms. The highest BCUT2D eigenvalue weighted by atomic mass is 15.2. The van der Waals surface area contributed by atoms with Crippen LogP contribution in [0.1, 0.15) is 24.4 Å². The average Bonchev–Trinajstić information content (AvgIpc) is 3.07. The van der Waals surface area contributed by atoms with E-state index in [1.165, 1.54) is 5.69 Å². The predicted molar refractivity (Wildman–Crippen MR) is 105 cm³/mol. The standard InChI is InChI=1S/C22H22N4/c1-17(19-12-6-8-14-23-19)25(2)16-20-22(18-10-4-3-5-11-18)24-21-13-7-9-15-26(20)21/h3-15,17H,16H2,1-2H3. The van der Waals surface area contributed by atoms with E-state index in [0.29, 0.717) is 0 Å². The lowest BCUT2D eigenvalue weighted by Crippen LogP contribution is -2.23. The van der Waals surface area contributed by atoms with Crippen LogP contribution in [0.5, 0.6) is 0 Å². The van der Waals surface area contributed by atoms with Gasteiger partial charge in [0.05, 0.1) is 17.1 Å². The molecule has 130 valence electrons. The molecule has 0 aliphatic heterocycles. The molecule has 3 heterocycles. The van der Waals surface area contributed by atoms with E-state index in [-0.39, 0.29) is 6.04 Å². The highest BCUT2D eigenvalue weighted by Crippen LogP contribution is 2.27. The molecule has 0 radical (unpaired) electrons. The first kappa shape index (κ1) is 16.5. The van der Waals surface area contributed by atoms with E-state index < -0.39 is 0 Å². The van der Waals surface area contributed by atoms with Gasteiger partial charge in [-0.25, -0.2) is 4.98 Å². The summed E-state index contributed by atoms with van der Waals surface area (Å²) >= 11 is 0. The molecular formula is C22H22N4. The average molecular weight is 342 g/mol. The second kappa shape index (κ2) is 7.10. The minimum atomic E-state index is 0.217. The molecule has 26 heavy (non-hydrogen) atoms. The zero-order valence-electron chi connectivity index (χ0n) is 15.1. The molecule has 1 atom stereocenters. The molecule has 0 spiro atoms. The van der Waals surface area contributed by atoms with Crippen molar-refractivity contribution in [2.24, 2.45) is 0 Å². The number of aromatic nitrogens is 3. The smallest absolute Gasteiger partial charge is 0.137 e. The van der Waals surface area contributed by atoms with E-state index in [1.807, 2.05) is 30.5 Å².